The molecule has 0 saturated heterocycles. The monoisotopic (exact) mass is 663 g/mol. The average molecular weight is 665 g/mol. The van der Waals surface area contributed by atoms with Gasteiger partial charge < -0.3 is 4.57 Å². The highest BCUT2D eigenvalue weighted by atomic mass is 79.9. The van der Waals surface area contributed by atoms with Crippen LogP contribution < -0.4 is 16.7 Å². The molecule has 212 valence electrons. The van der Waals surface area contributed by atoms with E-state index >= 15 is 0 Å². The van der Waals surface area contributed by atoms with Crippen molar-refractivity contribution in [2.24, 2.45) is 19.2 Å². The second kappa shape index (κ2) is 11.2. The number of benzene rings is 2. The number of aryl methyl sites for hydroxylation is 2. The van der Waals surface area contributed by atoms with Crippen LogP contribution in [0.4, 0.5) is 5.13 Å². The Labute approximate surface area is 256 Å². The van der Waals surface area contributed by atoms with Crippen LogP contribution in [0.3, 0.4) is 0 Å². The molecule has 0 aliphatic carbocycles. The molecule has 4 heterocycles. The van der Waals surface area contributed by atoms with E-state index in [1.807, 2.05) is 48.7 Å². The van der Waals surface area contributed by atoms with Gasteiger partial charge in [-0.3, -0.25) is 19.4 Å². The number of imidazole rings is 1. The molecule has 0 spiro atoms. The van der Waals surface area contributed by atoms with Crippen LogP contribution >= 0.6 is 38.9 Å². The molecule has 0 saturated carbocycles. The second-order valence-corrected chi connectivity index (χ2v) is 11.5. The highest BCUT2D eigenvalue weighted by Crippen LogP contribution is 2.27. The molecule has 2 aromatic carbocycles. The summed E-state index contributed by atoms with van der Waals surface area (Å²) >= 11 is 11.0. The van der Waals surface area contributed by atoms with E-state index in [0.29, 0.717) is 39.4 Å². The van der Waals surface area contributed by atoms with Gasteiger partial charge in [0.05, 0.1) is 11.9 Å². The molecular weight excluding hydrogens is 642 g/mol. The molecule has 1 N–H and O–H groups in total. The number of hydrogen-bond donors (Lipinski definition) is 1. The van der Waals surface area contributed by atoms with Crippen molar-refractivity contribution in [3.8, 4) is 28.5 Å². The number of halogens is 2. The van der Waals surface area contributed by atoms with E-state index in [2.05, 4.69) is 36.4 Å². The summed E-state index contributed by atoms with van der Waals surface area (Å²) in [6.07, 6.45) is 3.43. The molecule has 0 fully saturated rings. The maximum Gasteiger partial charge on any atom is 0.332 e. The number of anilines is 1. The van der Waals surface area contributed by atoms with E-state index in [-0.39, 0.29) is 5.65 Å². The first-order valence-electron chi connectivity index (χ1n) is 12.8. The lowest BCUT2D eigenvalue weighted by Crippen LogP contribution is -2.37. The summed E-state index contributed by atoms with van der Waals surface area (Å²) < 4.78 is 6.77. The highest BCUT2D eigenvalue weighted by Gasteiger charge is 2.21. The fourth-order valence-electron chi connectivity index (χ4n) is 4.56. The molecule has 11 nitrogen and oxygen atoms in total. The summed E-state index contributed by atoms with van der Waals surface area (Å²) in [5, 5.41) is 12.5. The normalized spacial score (nSPS) is 11.6. The Morgan fingerprint density at radius 2 is 1.74 bits per heavy atom. The van der Waals surface area contributed by atoms with Crippen LogP contribution in [0.15, 0.2) is 79.3 Å². The SMILES string of the molecule is CCn1c(-n2cc(/C=N/Nc3nc(-c4ccc(Br)cc4)cs3)c(-c3ccc(Cl)cc3)n2)nc2c1c(=O)n(C)c(=O)n2C. The number of nitrogens with zero attached hydrogens (tertiary/aromatic N) is 8. The summed E-state index contributed by atoms with van der Waals surface area (Å²) in [6, 6.07) is 15.2. The Morgan fingerprint density at radius 3 is 2.45 bits per heavy atom. The van der Waals surface area contributed by atoms with Crippen molar-refractivity contribution in [2.45, 2.75) is 13.5 Å². The number of hydrogen-bond acceptors (Lipinski definition) is 8. The van der Waals surface area contributed by atoms with Gasteiger partial charge in [0.1, 0.15) is 5.69 Å². The summed E-state index contributed by atoms with van der Waals surface area (Å²) in [7, 11) is 3.04. The standard InChI is InChI=1S/C28H23BrClN9O2S/c1-4-38-23-24(36(2)28(41)37(3)25(23)40)33-27(38)39-14-18(22(35-39)17-7-11-20(30)12-8-17)13-31-34-26-32-21(15-42-26)16-5-9-19(29)10-6-16/h5-15H,4H2,1-3H3,(H,32,34)/b31-13+. The first-order chi connectivity index (χ1) is 20.2. The van der Waals surface area contributed by atoms with E-state index < -0.39 is 11.2 Å². The van der Waals surface area contributed by atoms with Crippen molar-refractivity contribution in [3.63, 3.8) is 0 Å². The fraction of sp³-hybridized carbons (Fsp3) is 0.143. The van der Waals surface area contributed by atoms with Gasteiger partial charge in [-0.05, 0) is 31.2 Å². The van der Waals surface area contributed by atoms with E-state index in [9.17, 15) is 9.59 Å². The maximum absolute atomic E-state index is 13.0. The Kier molecular flexibility index (Phi) is 7.39. The van der Waals surface area contributed by atoms with E-state index in [1.165, 1.54) is 23.0 Å². The van der Waals surface area contributed by atoms with Gasteiger partial charge in [0.2, 0.25) is 11.1 Å². The zero-order valence-corrected chi connectivity index (χ0v) is 25.8. The maximum atomic E-state index is 13.0. The molecule has 4 aromatic heterocycles. The smallest absolute Gasteiger partial charge is 0.303 e. The van der Waals surface area contributed by atoms with Crippen LogP contribution in [0.5, 0.6) is 0 Å². The quantitative estimate of drug-likeness (QED) is 0.183. The van der Waals surface area contributed by atoms with Gasteiger partial charge in [0.15, 0.2) is 11.2 Å². The lowest BCUT2D eigenvalue weighted by molar-refractivity contribution is 0.687. The average Bonchev–Trinajstić information content (AvgIpc) is 3.73. The van der Waals surface area contributed by atoms with Crippen molar-refractivity contribution in [1.29, 1.82) is 0 Å². The van der Waals surface area contributed by atoms with Gasteiger partial charge in [-0.2, -0.15) is 15.2 Å². The van der Waals surface area contributed by atoms with Crippen molar-refractivity contribution < 1.29 is 0 Å². The molecule has 14 heteroatoms. The van der Waals surface area contributed by atoms with E-state index in [1.54, 1.807) is 40.8 Å². The van der Waals surface area contributed by atoms with Gasteiger partial charge in [-0.25, -0.2) is 14.5 Å². The molecule has 0 aliphatic rings. The molecular formula is C28H23BrClN9O2S. The second-order valence-electron chi connectivity index (χ2n) is 9.33. The molecule has 6 rings (SSSR count). The largest absolute Gasteiger partial charge is 0.332 e. The number of rotatable bonds is 7. The summed E-state index contributed by atoms with van der Waals surface area (Å²) in [4.78, 5) is 34.9. The van der Waals surface area contributed by atoms with Gasteiger partial charge >= 0.3 is 5.69 Å². The van der Waals surface area contributed by atoms with E-state index in [0.717, 1.165) is 25.9 Å². The fourth-order valence-corrected chi connectivity index (χ4v) is 5.62. The number of thiazole rings is 1. The van der Waals surface area contributed by atoms with Crippen LogP contribution in [0.1, 0.15) is 12.5 Å². The molecule has 6 aromatic rings. The van der Waals surface area contributed by atoms with Crippen LogP contribution in [0.2, 0.25) is 5.02 Å². The van der Waals surface area contributed by atoms with Gasteiger partial charge in [0, 0.05) is 58.4 Å². The minimum Gasteiger partial charge on any atom is -0.303 e. The van der Waals surface area contributed by atoms with Gasteiger partial charge in [-0.1, -0.05) is 51.8 Å². The Hall–Kier alpha value is -4.33. The first kappa shape index (κ1) is 27.8. The number of aromatic nitrogens is 7. The number of hydrazone groups is 1. The molecule has 42 heavy (non-hydrogen) atoms. The highest BCUT2D eigenvalue weighted by molar-refractivity contribution is 9.10. The zero-order chi connectivity index (χ0) is 29.5. The van der Waals surface area contributed by atoms with Crippen molar-refractivity contribution in [2.75, 3.05) is 5.43 Å². The number of nitrogens with one attached hydrogen (secondary N) is 1. The summed E-state index contributed by atoms with van der Waals surface area (Å²) in [6.45, 7) is 2.34. The number of fused-ring (bicyclic) bond motifs is 1. The molecule has 0 unspecified atom stereocenters. The first-order valence-corrected chi connectivity index (χ1v) is 14.8. The Bertz CT molecular complexity index is 2090. The predicted molar refractivity (Wildman–Crippen MR) is 170 cm³/mol. The lowest BCUT2D eigenvalue weighted by atomic mass is 10.1. The Balaban J connectivity index is 1.40. The minimum atomic E-state index is -0.452. The van der Waals surface area contributed by atoms with Crippen molar-refractivity contribution >= 4 is 61.4 Å². The Morgan fingerprint density at radius 1 is 1.02 bits per heavy atom. The third-order valence-electron chi connectivity index (χ3n) is 6.72. The van der Waals surface area contributed by atoms with Gasteiger partial charge in [0.25, 0.3) is 5.56 Å². The van der Waals surface area contributed by atoms with Crippen molar-refractivity contribution in [3.05, 3.63) is 96.0 Å². The molecule has 0 amide bonds. The predicted octanol–water partition coefficient (Wildman–Crippen LogP) is 5.29. The summed E-state index contributed by atoms with van der Waals surface area (Å²) in [5.74, 6) is 0.396. The summed E-state index contributed by atoms with van der Waals surface area (Å²) in [5.41, 5.74) is 6.72. The zero-order valence-electron chi connectivity index (χ0n) is 22.6. The third-order valence-corrected chi connectivity index (χ3v) is 8.24. The van der Waals surface area contributed by atoms with Crippen LogP contribution in [-0.2, 0) is 20.6 Å². The lowest BCUT2D eigenvalue weighted by Gasteiger charge is -2.06. The topological polar surface area (TPSA) is 117 Å². The van der Waals surface area contributed by atoms with Crippen LogP contribution in [-0.4, -0.2) is 39.7 Å². The van der Waals surface area contributed by atoms with Crippen molar-refractivity contribution in [1.82, 2.24) is 33.4 Å². The third kappa shape index (κ3) is 4.99. The minimum absolute atomic E-state index is 0.283. The molecule has 0 aliphatic heterocycles. The molecule has 0 atom stereocenters. The van der Waals surface area contributed by atoms with Crippen LogP contribution in [0, 0.1) is 0 Å². The molecule has 0 radical (unpaired) electrons. The van der Waals surface area contributed by atoms with Crippen LogP contribution in [0.25, 0.3) is 39.6 Å². The van der Waals surface area contributed by atoms with E-state index in [4.69, 9.17) is 16.7 Å². The van der Waals surface area contributed by atoms with Gasteiger partial charge in [-0.15, -0.1) is 11.3 Å². The molecule has 0 bridgehead atoms.